The fraction of sp³-hybridized carbons (Fsp3) is 0.500. The predicted molar refractivity (Wildman–Crippen MR) is 133 cm³/mol. The number of anilines is 2. The second-order valence-electron chi connectivity index (χ2n) is 7.80. The van der Waals surface area contributed by atoms with Gasteiger partial charge in [0.15, 0.2) is 5.82 Å². The fourth-order valence-electron chi connectivity index (χ4n) is 3.79. The number of benzene rings is 1. The van der Waals surface area contributed by atoms with Crippen molar-refractivity contribution in [3.63, 3.8) is 0 Å². The second kappa shape index (κ2) is 12.1. The Morgan fingerprint density at radius 3 is 2.65 bits per heavy atom. The second-order valence-corrected chi connectivity index (χ2v) is 7.80. The van der Waals surface area contributed by atoms with Crippen molar-refractivity contribution in [3.8, 4) is 11.4 Å². The smallest absolute Gasteiger partial charge is 0.256 e. The number of halogens is 2. The van der Waals surface area contributed by atoms with Crippen LogP contribution in [0.1, 0.15) is 39.5 Å². The number of unbranched alkanes of at least 4 members (excludes halogenated alkanes) is 3. The molecule has 2 N–H and O–H groups in total. The summed E-state index contributed by atoms with van der Waals surface area (Å²) in [6, 6.07) is 12.7. The van der Waals surface area contributed by atoms with Gasteiger partial charge in [-0.15, -0.1) is 29.9 Å². The molecule has 3 heterocycles. The van der Waals surface area contributed by atoms with Gasteiger partial charge in [0.05, 0.1) is 0 Å². The molecule has 3 aromatic rings. The number of hydrogen-bond donors (Lipinski definition) is 2. The van der Waals surface area contributed by atoms with E-state index < -0.39 is 0 Å². The van der Waals surface area contributed by atoms with Crippen molar-refractivity contribution >= 4 is 42.2 Å². The van der Waals surface area contributed by atoms with Crippen LogP contribution in [0.3, 0.4) is 0 Å². The van der Waals surface area contributed by atoms with Gasteiger partial charge in [-0.1, -0.05) is 56.5 Å². The van der Waals surface area contributed by atoms with E-state index in [4.69, 9.17) is 15.1 Å². The van der Waals surface area contributed by atoms with E-state index in [2.05, 4.69) is 35.4 Å². The third-order valence-corrected chi connectivity index (χ3v) is 5.35. The van der Waals surface area contributed by atoms with Gasteiger partial charge in [0.25, 0.3) is 5.78 Å². The quantitative estimate of drug-likeness (QED) is 0.479. The summed E-state index contributed by atoms with van der Waals surface area (Å²) in [6.45, 7) is 8.23. The molecule has 1 aromatic carbocycles. The lowest BCUT2D eigenvalue weighted by Gasteiger charge is -2.33. The van der Waals surface area contributed by atoms with E-state index in [1.165, 1.54) is 19.3 Å². The number of hydrogen-bond acceptors (Lipinski definition) is 6. The highest BCUT2D eigenvalue weighted by Crippen LogP contribution is 2.23. The number of aromatic nitrogens is 4. The van der Waals surface area contributed by atoms with Crippen LogP contribution < -0.4 is 15.5 Å². The predicted octanol–water partition coefficient (Wildman–Crippen LogP) is 4.43. The molecule has 2 aromatic heterocycles. The van der Waals surface area contributed by atoms with Crippen LogP contribution in [0.2, 0.25) is 0 Å². The molecule has 0 saturated carbocycles. The van der Waals surface area contributed by atoms with Gasteiger partial charge in [-0.25, -0.2) is 0 Å². The van der Waals surface area contributed by atoms with E-state index in [1.807, 2.05) is 34.8 Å². The van der Waals surface area contributed by atoms with Crippen molar-refractivity contribution in [1.29, 1.82) is 0 Å². The van der Waals surface area contributed by atoms with Gasteiger partial charge in [-0.3, -0.25) is 0 Å². The standard InChI is InChI=1S/C22H31N7.2ClH/c1-3-4-5-9-12-24-19-15-20(28-14-13-23-17(2)16-28)29-22(25-19)26-21(27-29)18-10-7-6-8-11-18;;/h6-8,10-11,15,17,23H,3-5,9,12-14,16H2,1-2H3,(H,24,25,26,27);2*1H. The lowest BCUT2D eigenvalue weighted by atomic mass is 10.2. The zero-order valence-electron chi connectivity index (χ0n) is 18.3. The van der Waals surface area contributed by atoms with Gasteiger partial charge >= 0.3 is 0 Å². The Kier molecular flexibility index (Phi) is 9.81. The van der Waals surface area contributed by atoms with Crippen molar-refractivity contribution < 1.29 is 0 Å². The average molecular weight is 466 g/mol. The van der Waals surface area contributed by atoms with Crippen LogP contribution in [-0.2, 0) is 0 Å². The van der Waals surface area contributed by atoms with E-state index in [0.29, 0.717) is 17.6 Å². The van der Waals surface area contributed by atoms with E-state index in [-0.39, 0.29) is 24.8 Å². The lowest BCUT2D eigenvalue weighted by Crippen LogP contribution is -2.49. The Hall–Kier alpha value is -2.09. The Labute approximate surface area is 196 Å². The molecule has 1 atom stereocenters. The molecule has 9 heteroatoms. The molecule has 0 spiro atoms. The van der Waals surface area contributed by atoms with E-state index >= 15 is 0 Å². The number of piperazine rings is 1. The topological polar surface area (TPSA) is 70.4 Å². The Morgan fingerprint density at radius 2 is 1.90 bits per heavy atom. The number of rotatable bonds is 8. The highest BCUT2D eigenvalue weighted by atomic mass is 35.5. The van der Waals surface area contributed by atoms with E-state index in [0.717, 1.165) is 49.8 Å². The van der Waals surface area contributed by atoms with Crippen molar-refractivity contribution in [2.24, 2.45) is 0 Å². The Morgan fingerprint density at radius 1 is 1.10 bits per heavy atom. The number of nitrogens with one attached hydrogen (secondary N) is 2. The Bertz CT molecular complexity index is 932. The molecule has 1 aliphatic heterocycles. The lowest BCUT2D eigenvalue weighted by molar-refractivity contribution is 0.480. The fourth-order valence-corrected chi connectivity index (χ4v) is 3.79. The van der Waals surface area contributed by atoms with Crippen LogP contribution in [0.5, 0.6) is 0 Å². The van der Waals surface area contributed by atoms with Gasteiger partial charge in [-0.2, -0.15) is 14.5 Å². The highest BCUT2D eigenvalue weighted by molar-refractivity contribution is 5.85. The summed E-state index contributed by atoms with van der Waals surface area (Å²) in [5.74, 6) is 3.28. The zero-order valence-corrected chi connectivity index (χ0v) is 19.9. The molecule has 1 fully saturated rings. The van der Waals surface area contributed by atoms with Crippen LogP contribution >= 0.6 is 24.8 Å². The average Bonchev–Trinajstić information content (AvgIpc) is 3.18. The summed E-state index contributed by atoms with van der Waals surface area (Å²) < 4.78 is 1.89. The summed E-state index contributed by atoms with van der Waals surface area (Å²) in [5, 5.41) is 11.8. The molecule has 7 nitrogen and oxygen atoms in total. The van der Waals surface area contributed by atoms with Crippen LogP contribution in [0.15, 0.2) is 36.4 Å². The SMILES string of the molecule is CCCCCCNc1cc(N2CCNC(C)C2)n2nc(-c3ccccc3)nc2n1.Cl.Cl. The van der Waals surface area contributed by atoms with Gasteiger partial charge in [0.2, 0.25) is 0 Å². The highest BCUT2D eigenvalue weighted by Gasteiger charge is 2.21. The maximum absolute atomic E-state index is 4.80. The first kappa shape index (κ1) is 25.2. The number of fused-ring (bicyclic) bond motifs is 1. The van der Waals surface area contributed by atoms with Gasteiger partial charge < -0.3 is 15.5 Å². The van der Waals surface area contributed by atoms with Crippen LogP contribution in [0, 0.1) is 0 Å². The van der Waals surface area contributed by atoms with Crippen LogP contribution in [0.4, 0.5) is 11.6 Å². The molecule has 31 heavy (non-hydrogen) atoms. The molecule has 0 bridgehead atoms. The van der Waals surface area contributed by atoms with E-state index in [1.54, 1.807) is 0 Å². The van der Waals surface area contributed by atoms with Gasteiger partial charge in [-0.05, 0) is 13.3 Å². The van der Waals surface area contributed by atoms with E-state index in [9.17, 15) is 0 Å². The minimum Gasteiger partial charge on any atom is -0.370 e. The summed E-state index contributed by atoms with van der Waals surface area (Å²) in [7, 11) is 0. The monoisotopic (exact) mass is 465 g/mol. The summed E-state index contributed by atoms with van der Waals surface area (Å²) in [4.78, 5) is 11.9. The molecule has 1 saturated heterocycles. The third kappa shape index (κ3) is 6.21. The molecule has 0 radical (unpaired) electrons. The van der Waals surface area contributed by atoms with Crippen molar-refractivity contribution in [2.45, 2.75) is 45.6 Å². The first-order valence-corrected chi connectivity index (χ1v) is 10.8. The molecular weight excluding hydrogens is 433 g/mol. The van der Waals surface area contributed by atoms with Crippen molar-refractivity contribution in [2.75, 3.05) is 36.4 Å². The Balaban J connectivity index is 0.00000171. The first-order valence-electron chi connectivity index (χ1n) is 10.8. The van der Waals surface area contributed by atoms with Gasteiger partial charge in [0, 0.05) is 43.9 Å². The molecule has 1 aliphatic rings. The minimum absolute atomic E-state index is 0. The van der Waals surface area contributed by atoms with Gasteiger partial charge in [0.1, 0.15) is 11.6 Å². The van der Waals surface area contributed by atoms with Crippen molar-refractivity contribution in [3.05, 3.63) is 36.4 Å². The molecule has 1 unspecified atom stereocenters. The number of nitrogens with zero attached hydrogens (tertiary/aromatic N) is 5. The zero-order chi connectivity index (χ0) is 20.1. The largest absolute Gasteiger partial charge is 0.370 e. The molecule has 0 aliphatic carbocycles. The molecule has 0 amide bonds. The summed E-state index contributed by atoms with van der Waals surface area (Å²) in [5.41, 5.74) is 1.01. The normalized spacial score (nSPS) is 15.9. The molecular formula is C22H33Cl2N7. The van der Waals surface area contributed by atoms with Crippen LogP contribution in [-0.4, -0.2) is 51.8 Å². The maximum Gasteiger partial charge on any atom is 0.256 e. The third-order valence-electron chi connectivity index (χ3n) is 5.35. The first-order chi connectivity index (χ1) is 14.2. The summed E-state index contributed by atoms with van der Waals surface area (Å²) >= 11 is 0. The summed E-state index contributed by atoms with van der Waals surface area (Å²) in [6.07, 6.45) is 4.93. The molecule has 4 rings (SSSR count). The maximum atomic E-state index is 4.80. The minimum atomic E-state index is 0. The van der Waals surface area contributed by atoms with Crippen LogP contribution in [0.25, 0.3) is 17.2 Å². The van der Waals surface area contributed by atoms with Crippen molar-refractivity contribution in [1.82, 2.24) is 24.9 Å². The molecule has 170 valence electrons.